The highest BCUT2D eigenvalue weighted by Crippen LogP contribution is 2.38. The zero-order chi connectivity index (χ0) is 30.7. The van der Waals surface area contributed by atoms with E-state index in [1.807, 2.05) is 4.57 Å². The second-order valence-corrected chi connectivity index (χ2v) is 11.0. The van der Waals surface area contributed by atoms with Gasteiger partial charge in [0.2, 0.25) is 10.7 Å². The Morgan fingerprint density at radius 2 is 1.71 bits per heavy atom. The van der Waals surface area contributed by atoms with Crippen LogP contribution in [0.15, 0.2) is 18.2 Å². The maximum Gasteiger partial charge on any atom is 0.303 e. The molecular weight excluding hydrogens is 595 g/mol. The highest BCUT2D eigenvalue weighted by Gasteiger charge is 2.52. The number of halogens is 2. The lowest BCUT2D eigenvalue weighted by molar-refractivity contribution is -0.239. The maximum absolute atomic E-state index is 14.1. The third-order valence-corrected chi connectivity index (χ3v) is 7.71. The molecule has 2 fully saturated rings. The van der Waals surface area contributed by atoms with E-state index < -0.39 is 60.2 Å². The van der Waals surface area contributed by atoms with Crippen molar-refractivity contribution in [3.8, 4) is 11.4 Å². The zero-order valence-electron chi connectivity index (χ0n) is 23.5. The van der Waals surface area contributed by atoms with Crippen LogP contribution in [-0.4, -0.2) is 69.1 Å². The predicted molar refractivity (Wildman–Crippen MR) is 148 cm³/mol. The topological polar surface area (TPSA) is 140 Å². The third-order valence-electron chi connectivity index (χ3n) is 7.03. The Morgan fingerprint density at radius 1 is 1.07 bits per heavy atom. The second kappa shape index (κ2) is 13.3. The molecule has 1 aromatic heterocycles. The van der Waals surface area contributed by atoms with Gasteiger partial charge in [0.1, 0.15) is 24.6 Å². The third kappa shape index (κ3) is 6.98. The van der Waals surface area contributed by atoms with E-state index in [1.165, 1.54) is 36.7 Å². The zero-order valence-corrected chi connectivity index (χ0v) is 25.1. The van der Waals surface area contributed by atoms with Gasteiger partial charge in [-0.25, -0.2) is 9.07 Å². The molecule has 1 amide bonds. The summed E-state index contributed by atoms with van der Waals surface area (Å²) in [5, 5.41) is 7.40. The Morgan fingerprint density at radius 3 is 2.29 bits per heavy atom. The summed E-state index contributed by atoms with van der Waals surface area (Å²) in [6.45, 7) is 4.41. The first-order valence-electron chi connectivity index (χ1n) is 13.4. The van der Waals surface area contributed by atoms with Gasteiger partial charge in [-0.2, -0.15) is 0 Å². The molecule has 12 nitrogen and oxygen atoms in total. The molecule has 1 saturated carbocycles. The smallest absolute Gasteiger partial charge is 0.303 e. The fraction of sp³-hybridized carbons (Fsp3) is 0.556. The molecule has 1 aliphatic carbocycles. The van der Waals surface area contributed by atoms with Crippen molar-refractivity contribution in [3.05, 3.63) is 33.8 Å². The molecule has 2 heterocycles. The number of amides is 1. The van der Waals surface area contributed by atoms with Gasteiger partial charge in [0.25, 0.3) is 0 Å². The highest BCUT2D eigenvalue weighted by molar-refractivity contribution is 7.71. The minimum atomic E-state index is -1.28. The molecule has 5 atom stereocenters. The number of benzene rings is 1. The van der Waals surface area contributed by atoms with Crippen LogP contribution in [0.25, 0.3) is 11.4 Å². The Hall–Kier alpha value is -3.36. The molecule has 2 aromatic rings. The molecule has 42 heavy (non-hydrogen) atoms. The Bertz CT molecular complexity index is 1430. The summed E-state index contributed by atoms with van der Waals surface area (Å²) in [7, 11) is 0. The molecule has 1 aliphatic heterocycles. The van der Waals surface area contributed by atoms with E-state index in [0.29, 0.717) is 11.4 Å². The summed E-state index contributed by atoms with van der Waals surface area (Å²) in [5.41, 5.74) is 0.496. The Kier molecular flexibility index (Phi) is 10.00. The van der Waals surface area contributed by atoms with E-state index in [0.717, 1.165) is 39.5 Å². The van der Waals surface area contributed by atoms with Crippen LogP contribution >= 0.6 is 23.8 Å². The molecule has 1 aromatic carbocycles. The lowest BCUT2D eigenvalue weighted by atomic mass is 9.95. The van der Waals surface area contributed by atoms with Gasteiger partial charge >= 0.3 is 17.9 Å². The number of esters is 3. The van der Waals surface area contributed by atoms with Gasteiger partial charge in [-0.15, -0.1) is 5.10 Å². The van der Waals surface area contributed by atoms with E-state index in [1.54, 1.807) is 0 Å². The maximum atomic E-state index is 14.1. The minimum Gasteiger partial charge on any atom is -0.463 e. The first kappa shape index (κ1) is 31.6. The lowest BCUT2D eigenvalue weighted by Crippen LogP contribution is -2.64. The summed E-state index contributed by atoms with van der Waals surface area (Å²) in [6, 6.07) is 3.03. The SMILES string of the molecule is CC(=O)N[C@@H]1[C@@H](OC(C)=O)[C@H](OC(C)=O)[C@@H](COC(C)=O)O[C@H]1n1nc(-c2ccc(F)c(Cl)c2)n(C2CCCC2)c1=S. The number of carbonyl (C=O) groups is 4. The first-order chi connectivity index (χ1) is 19.9. The number of carbonyl (C=O) groups excluding carboxylic acids is 4. The normalized spacial score (nSPS) is 24.2. The molecule has 228 valence electrons. The standard InChI is InChI=1S/C27H32ClFN4O8S/c1-13(34)30-22-24(40-16(4)37)23(39-15(3)36)21(12-38-14(2)35)41-26(22)33-27(42)32(18-7-5-6-8-18)25(31-33)17-9-10-20(29)19(28)11-17/h9-11,18,21-24,26H,5-8,12H2,1-4H3,(H,30,34)/t21-,22-,23-,24-,26-/m1/s1. The molecule has 0 bridgehead atoms. The average Bonchev–Trinajstić information content (AvgIpc) is 3.54. The van der Waals surface area contributed by atoms with Crippen molar-refractivity contribution in [2.75, 3.05) is 6.61 Å². The van der Waals surface area contributed by atoms with Crippen LogP contribution in [0, 0.1) is 10.6 Å². The van der Waals surface area contributed by atoms with Crippen molar-refractivity contribution in [3.63, 3.8) is 0 Å². The highest BCUT2D eigenvalue weighted by atomic mass is 35.5. The molecule has 2 aliphatic rings. The van der Waals surface area contributed by atoms with Crippen molar-refractivity contribution < 1.29 is 42.5 Å². The van der Waals surface area contributed by atoms with Crippen molar-refractivity contribution in [2.24, 2.45) is 0 Å². The number of rotatable bonds is 8. The molecular formula is C27H32ClFN4O8S. The quantitative estimate of drug-likeness (QED) is 0.261. The Balaban J connectivity index is 1.90. The molecule has 0 spiro atoms. The lowest BCUT2D eigenvalue weighted by Gasteiger charge is -2.45. The molecule has 0 radical (unpaired) electrons. The van der Waals surface area contributed by atoms with E-state index in [-0.39, 0.29) is 22.4 Å². The van der Waals surface area contributed by atoms with Crippen molar-refractivity contribution in [1.29, 1.82) is 0 Å². The van der Waals surface area contributed by atoms with Crippen molar-refractivity contribution in [2.45, 2.75) is 90.0 Å². The summed E-state index contributed by atoms with van der Waals surface area (Å²) in [6.07, 6.45) is -1.31. The first-order valence-corrected chi connectivity index (χ1v) is 14.2. The van der Waals surface area contributed by atoms with Crippen LogP contribution in [0.4, 0.5) is 4.39 Å². The van der Waals surface area contributed by atoms with Gasteiger partial charge < -0.3 is 24.3 Å². The van der Waals surface area contributed by atoms with E-state index >= 15 is 0 Å². The van der Waals surface area contributed by atoms with E-state index in [2.05, 4.69) is 5.32 Å². The minimum absolute atomic E-state index is 0.0252. The van der Waals surface area contributed by atoms with Crippen LogP contribution in [0.2, 0.25) is 5.02 Å². The number of nitrogens with zero attached hydrogens (tertiary/aromatic N) is 3. The molecule has 1 saturated heterocycles. The number of nitrogens with one attached hydrogen (secondary N) is 1. The van der Waals surface area contributed by atoms with Gasteiger partial charge in [0, 0.05) is 39.3 Å². The van der Waals surface area contributed by atoms with Crippen LogP contribution in [-0.2, 0) is 38.1 Å². The number of hydrogen-bond donors (Lipinski definition) is 1. The largest absolute Gasteiger partial charge is 0.463 e. The predicted octanol–water partition coefficient (Wildman–Crippen LogP) is 3.82. The van der Waals surface area contributed by atoms with Gasteiger partial charge in [0.05, 0.1) is 5.02 Å². The van der Waals surface area contributed by atoms with Crippen LogP contribution in [0.1, 0.15) is 65.6 Å². The molecule has 4 rings (SSSR count). The number of hydrogen-bond acceptors (Lipinski definition) is 10. The number of aromatic nitrogens is 3. The summed E-state index contributed by atoms with van der Waals surface area (Å²) < 4.78 is 40.1. The van der Waals surface area contributed by atoms with Gasteiger partial charge in [-0.3, -0.25) is 23.7 Å². The Labute approximate surface area is 251 Å². The second-order valence-electron chi connectivity index (χ2n) is 10.2. The van der Waals surface area contributed by atoms with Crippen LogP contribution in [0.3, 0.4) is 0 Å². The van der Waals surface area contributed by atoms with E-state index in [4.69, 9.17) is 47.9 Å². The molecule has 1 N–H and O–H groups in total. The average molecular weight is 627 g/mol. The monoisotopic (exact) mass is 626 g/mol. The fourth-order valence-electron chi connectivity index (χ4n) is 5.40. The van der Waals surface area contributed by atoms with Crippen LogP contribution < -0.4 is 5.32 Å². The van der Waals surface area contributed by atoms with Crippen LogP contribution in [0.5, 0.6) is 0 Å². The van der Waals surface area contributed by atoms with E-state index in [9.17, 15) is 23.6 Å². The summed E-state index contributed by atoms with van der Waals surface area (Å²) in [5.74, 6) is -2.77. The van der Waals surface area contributed by atoms with Gasteiger partial charge in [-0.1, -0.05) is 24.4 Å². The fourth-order valence-corrected chi connectivity index (χ4v) is 5.96. The van der Waals surface area contributed by atoms with Crippen molar-refractivity contribution in [1.82, 2.24) is 19.7 Å². The van der Waals surface area contributed by atoms with Gasteiger partial charge in [-0.05, 0) is 43.3 Å². The molecule has 15 heteroatoms. The van der Waals surface area contributed by atoms with Gasteiger partial charge in [0.15, 0.2) is 24.3 Å². The van der Waals surface area contributed by atoms with Crippen molar-refractivity contribution >= 4 is 47.6 Å². The number of ether oxygens (including phenoxy) is 4. The molecule has 0 unspecified atom stereocenters. The summed E-state index contributed by atoms with van der Waals surface area (Å²) in [4.78, 5) is 48.4. The summed E-state index contributed by atoms with van der Waals surface area (Å²) >= 11 is 12.0.